The largest absolute Gasteiger partial charge is 0.355 e. The van der Waals surface area contributed by atoms with Gasteiger partial charge in [0.2, 0.25) is 0 Å². The number of carbonyl (C=O) groups is 2. The van der Waals surface area contributed by atoms with Crippen molar-refractivity contribution in [2.24, 2.45) is 0 Å². The molecule has 0 spiro atoms. The number of nitrogens with zero attached hydrogens (tertiary/aromatic N) is 1. The summed E-state index contributed by atoms with van der Waals surface area (Å²) in [5, 5.41) is 5.44. The van der Waals surface area contributed by atoms with E-state index in [0.29, 0.717) is 16.8 Å². The van der Waals surface area contributed by atoms with Gasteiger partial charge in [-0.3, -0.25) is 9.59 Å². The van der Waals surface area contributed by atoms with Gasteiger partial charge in [0.15, 0.2) is 0 Å². The van der Waals surface area contributed by atoms with Crippen LogP contribution in [0.25, 0.3) is 0 Å². The van der Waals surface area contributed by atoms with Crippen LogP contribution in [0, 0.1) is 0 Å². The highest BCUT2D eigenvalue weighted by Gasteiger charge is 2.13. The van der Waals surface area contributed by atoms with E-state index >= 15 is 0 Å². The van der Waals surface area contributed by atoms with Gasteiger partial charge in [0.25, 0.3) is 11.8 Å². The van der Waals surface area contributed by atoms with Gasteiger partial charge in [-0.05, 0) is 24.3 Å². The molecular formula is C14H12ClN3O2. The number of anilines is 1. The number of halogens is 1. The lowest BCUT2D eigenvalue weighted by Crippen LogP contribution is -2.21. The molecule has 0 aliphatic rings. The van der Waals surface area contributed by atoms with E-state index in [1.807, 2.05) is 0 Å². The van der Waals surface area contributed by atoms with E-state index in [9.17, 15) is 9.59 Å². The third kappa shape index (κ3) is 3.13. The SMILES string of the molecule is CNC(=O)c1ccccc1NC(=O)c1ccnc(Cl)c1. The Morgan fingerprint density at radius 3 is 2.60 bits per heavy atom. The Morgan fingerprint density at radius 1 is 1.15 bits per heavy atom. The van der Waals surface area contributed by atoms with Crippen LogP contribution in [0.2, 0.25) is 5.15 Å². The summed E-state index contributed by atoms with van der Waals surface area (Å²) >= 11 is 5.74. The molecule has 20 heavy (non-hydrogen) atoms. The lowest BCUT2D eigenvalue weighted by atomic mass is 10.1. The molecule has 6 heteroatoms. The molecular weight excluding hydrogens is 278 g/mol. The van der Waals surface area contributed by atoms with Gasteiger partial charge < -0.3 is 10.6 Å². The molecule has 0 unspecified atom stereocenters. The summed E-state index contributed by atoms with van der Waals surface area (Å²) in [7, 11) is 1.53. The fourth-order valence-corrected chi connectivity index (χ4v) is 1.84. The Bertz CT molecular complexity index is 658. The smallest absolute Gasteiger partial charge is 0.255 e. The molecule has 0 atom stereocenters. The molecule has 2 amide bonds. The molecule has 0 aliphatic heterocycles. The number of rotatable bonds is 3. The molecule has 0 radical (unpaired) electrons. The van der Waals surface area contributed by atoms with E-state index in [1.165, 1.54) is 19.3 Å². The van der Waals surface area contributed by atoms with Gasteiger partial charge in [0, 0.05) is 18.8 Å². The van der Waals surface area contributed by atoms with Gasteiger partial charge in [0.05, 0.1) is 11.3 Å². The van der Waals surface area contributed by atoms with Crippen molar-refractivity contribution in [3.63, 3.8) is 0 Å². The van der Waals surface area contributed by atoms with Crippen molar-refractivity contribution >= 4 is 29.1 Å². The maximum atomic E-state index is 12.1. The van der Waals surface area contributed by atoms with E-state index in [-0.39, 0.29) is 17.0 Å². The second-order valence-electron chi connectivity index (χ2n) is 3.95. The van der Waals surface area contributed by atoms with Crippen molar-refractivity contribution < 1.29 is 9.59 Å². The number of amides is 2. The highest BCUT2D eigenvalue weighted by molar-refractivity contribution is 6.29. The average molecular weight is 290 g/mol. The van der Waals surface area contributed by atoms with Gasteiger partial charge in [-0.1, -0.05) is 23.7 Å². The van der Waals surface area contributed by atoms with E-state index in [2.05, 4.69) is 15.6 Å². The van der Waals surface area contributed by atoms with Crippen LogP contribution in [0.1, 0.15) is 20.7 Å². The monoisotopic (exact) mass is 289 g/mol. The summed E-state index contributed by atoms with van der Waals surface area (Å²) in [5.74, 6) is -0.626. The number of pyridine rings is 1. The summed E-state index contributed by atoms with van der Waals surface area (Å²) in [6, 6.07) is 9.76. The molecule has 0 fully saturated rings. The molecule has 0 bridgehead atoms. The summed E-state index contributed by atoms with van der Waals surface area (Å²) in [6.07, 6.45) is 1.45. The second-order valence-corrected chi connectivity index (χ2v) is 4.33. The third-order valence-electron chi connectivity index (χ3n) is 2.64. The lowest BCUT2D eigenvalue weighted by molar-refractivity contribution is 0.0964. The Hall–Kier alpha value is -2.40. The zero-order valence-electron chi connectivity index (χ0n) is 10.7. The number of hydrogen-bond acceptors (Lipinski definition) is 3. The first-order valence-electron chi connectivity index (χ1n) is 5.86. The maximum absolute atomic E-state index is 12.1. The Morgan fingerprint density at radius 2 is 1.90 bits per heavy atom. The van der Waals surface area contributed by atoms with Crippen molar-refractivity contribution in [3.8, 4) is 0 Å². The first-order valence-corrected chi connectivity index (χ1v) is 6.23. The number of nitrogens with one attached hydrogen (secondary N) is 2. The fraction of sp³-hybridized carbons (Fsp3) is 0.0714. The minimum absolute atomic E-state index is 0.234. The quantitative estimate of drug-likeness (QED) is 0.852. The maximum Gasteiger partial charge on any atom is 0.255 e. The number of aromatic nitrogens is 1. The van der Waals surface area contributed by atoms with Crippen LogP contribution in [0.4, 0.5) is 5.69 Å². The number of benzene rings is 1. The zero-order chi connectivity index (χ0) is 14.5. The molecule has 102 valence electrons. The van der Waals surface area contributed by atoms with E-state index in [4.69, 9.17) is 11.6 Å². The predicted molar refractivity (Wildman–Crippen MR) is 77.0 cm³/mol. The van der Waals surface area contributed by atoms with Crippen molar-refractivity contribution in [2.45, 2.75) is 0 Å². The van der Waals surface area contributed by atoms with Crippen LogP contribution >= 0.6 is 11.6 Å². The van der Waals surface area contributed by atoms with E-state index in [0.717, 1.165) is 0 Å². The molecule has 0 saturated heterocycles. The van der Waals surface area contributed by atoms with Crippen LogP contribution in [-0.2, 0) is 0 Å². The highest BCUT2D eigenvalue weighted by Crippen LogP contribution is 2.16. The standard InChI is InChI=1S/C14H12ClN3O2/c1-16-14(20)10-4-2-3-5-11(10)18-13(19)9-6-7-17-12(15)8-9/h2-8H,1H3,(H,16,20)(H,18,19). The van der Waals surface area contributed by atoms with Crippen LogP contribution in [0.15, 0.2) is 42.6 Å². The van der Waals surface area contributed by atoms with Crippen LogP contribution in [0.5, 0.6) is 0 Å². The van der Waals surface area contributed by atoms with Crippen molar-refractivity contribution in [1.29, 1.82) is 0 Å². The van der Waals surface area contributed by atoms with Gasteiger partial charge in [-0.2, -0.15) is 0 Å². The first-order chi connectivity index (χ1) is 9.61. The molecule has 2 N–H and O–H groups in total. The minimum Gasteiger partial charge on any atom is -0.355 e. The summed E-state index contributed by atoms with van der Waals surface area (Å²) in [5.41, 5.74) is 1.20. The Balaban J connectivity index is 2.26. The van der Waals surface area contributed by atoms with Gasteiger partial charge in [-0.15, -0.1) is 0 Å². The van der Waals surface area contributed by atoms with E-state index in [1.54, 1.807) is 30.3 Å². The zero-order valence-corrected chi connectivity index (χ0v) is 11.4. The summed E-state index contributed by atoms with van der Waals surface area (Å²) in [4.78, 5) is 27.6. The average Bonchev–Trinajstić information content (AvgIpc) is 2.47. The highest BCUT2D eigenvalue weighted by atomic mass is 35.5. The normalized spacial score (nSPS) is 9.90. The van der Waals surface area contributed by atoms with Gasteiger partial charge in [-0.25, -0.2) is 4.98 Å². The van der Waals surface area contributed by atoms with Crippen LogP contribution in [-0.4, -0.2) is 23.8 Å². The Kier molecular flexibility index (Phi) is 4.32. The third-order valence-corrected chi connectivity index (χ3v) is 2.84. The number of hydrogen-bond donors (Lipinski definition) is 2. The molecule has 1 aromatic heterocycles. The molecule has 2 rings (SSSR count). The van der Waals surface area contributed by atoms with Crippen LogP contribution in [0.3, 0.4) is 0 Å². The fourth-order valence-electron chi connectivity index (χ4n) is 1.66. The lowest BCUT2D eigenvalue weighted by Gasteiger charge is -2.10. The molecule has 2 aromatic rings. The summed E-state index contributed by atoms with van der Waals surface area (Å²) in [6.45, 7) is 0. The minimum atomic E-state index is -0.356. The number of carbonyl (C=O) groups excluding carboxylic acids is 2. The van der Waals surface area contributed by atoms with Gasteiger partial charge in [0.1, 0.15) is 5.15 Å². The molecule has 5 nitrogen and oxygen atoms in total. The van der Waals surface area contributed by atoms with E-state index < -0.39 is 0 Å². The molecule has 1 heterocycles. The van der Waals surface area contributed by atoms with Crippen molar-refractivity contribution in [2.75, 3.05) is 12.4 Å². The van der Waals surface area contributed by atoms with Gasteiger partial charge >= 0.3 is 0 Å². The second kappa shape index (κ2) is 6.16. The van der Waals surface area contributed by atoms with Crippen molar-refractivity contribution in [3.05, 3.63) is 58.9 Å². The molecule has 0 saturated carbocycles. The summed E-state index contributed by atoms with van der Waals surface area (Å²) < 4.78 is 0. The molecule has 0 aliphatic carbocycles. The van der Waals surface area contributed by atoms with Crippen LogP contribution < -0.4 is 10.6 Å². The predicted octanol–water partition coefficient (Wildman–Crippen LogP) is 2.35. The topological polar surface area (TPSA) is 71.1 Å². The number of para-hydroxylation sites is 1. The first kappa shape index (κ1) is 14.0. The molecule has 1 aromatic carbocycles. The van der Waals surface area contributed by atoms with Crippen molar-refractivity contribution in [1.82, 2.24) is 10.3 Å². The Labute approximate surface area is 121 Å².